The third kappa shape index (κ3) is 2.66. The number of nitrogens with one attached hydrogen (secondary N) is 3. The standard InChI is InChI=1S/C15H13N3O5/c19-11-5-4-10(17-11)14(21)18-9-3-1-2-7-12(9)16-6-8(13(7)20)15(22)23/h1-3,6,10H,4-5H2,(H,16,20)(H,17,19)(H,18,21)(H,22,23). The number of rotatable bonds is 3. The number of para-hydroxylation sites is 1. The largest absolute Gasteiger partial charge is 0.477 e. The number of carbonyl (C=O) groups excluding carboxylic acids is 2. The van der Waals surface area contributed by atoms with E-state index in [9.17, 15) is 19.2 Å². The molecular weight excluding hydrogens is 302 g/mol. The van der Waals surface area contributed by atoms with E-state index in [2.05, 4.69) is 15.6 Å². The number of aromatic carboxylic acids is 1. The summed E-state index contributed by atoms with van der Waals surface area (Å²) in [5.74, 6) is -1.88. The van der Waals surface area contributed by atoms with Gasteiger partial charge in [-0.3, -0.25) is 14.4 Å². The molecule has 2 heterocycles. The Balaban J connectivity index is 1.97. The van der Waals surface area contributed by atoms with E-state index in [1.165, 1.54) is 6.07 Å². The maximum atomic E-state index is 12.2. The minimum atomic E-state index is -1.32. The number of pyridine rings is 1. The molecule has 8 nitrogen and oxygen atoms in total. The second kappa shape index (κ2) is 5.56. The van der Waals surface area contributed by atoms with E-state index < -0.39 is 17.4 Å². The van der Waals surface area contributed by atoms with Crippen LogP contribution in [0.15, 0.2) is 29.2 Å². The molecule has 0 saturated carbocycles. The van der Waals surface area contributed by atoms with Crippen LogP contribution in [0, 0.1) is 0 Å². The van der Waals surface area contributed by atoms with Crippen molar-refractivity contribution in [3.63, 3.8) is 0 Å². The van der Waals surface area contributed by atoms with E-state index >= 15 is 0 Å². The number of carboxylic acids is 1. The maximum absolute atomic E-state index is 12.2. The van der Waals surface area contributed by atoms with Crippen LogP contribution in [0.25, 0.3) is 10.9 Å². The number of anilines is 1. The molecule has 0 aliphatic carbocycles. The molecule has 4 N–H and O–H groups in total. The highest BCUT2D eigenvalue weighted by molar-refractivity contribution is 6.05. The smallest absolute Gasteiger partial charge is 0.341 e. The van der Waals surface area contributed by atoms with Crippen molar-refractivity contribution in [1.29, 1.82) is 0 Å². The fourth-order valence-corrected chi connectivity index (χ4v) is 2.55. The van der Waals surface area contributed by atoms with E-state index in [-0.39, 0.29) is 22.8 Å². The summed E-state index contributed by atoms with van der Waals surface area (Å²) in [7, 11) is 0. The number of aromatic nitrogens is 1. The van der Waals surface area contributed by atoms with Crippen LogP contribution in [-0.2, 0) is 9.59 Å². The predicted octanol–water partition coefficient (Wildman–Crippen LogP) is 0.443. The molecule has 1 aromatic carbocycles. The SMILES string of the molecule is O=C1CCC(C(=O)Nc2cccc3c(=O)c(C(=O)O)c[nH]c23)N1. The molecule has 8 heteroatoms. The van der Waals surface area contributed by atoms with Crippen molar-refractivity contribution in [3.05, 3.63) is 40.2 Å². The molecule has 1 aliphatic heterocycles. The molecular formula is C15H13N3O5. The first-order chi connectivity index (χ1) is 11.0. The average molecular weight is 315 g/mol. The van der Waals surface area contributed by atoms with Crippen LogP contribution in [0.5, 0.6) is 0 Å². The summed E-state index contributed by atoms with van der Waals surface area (Å²) in [6.07, 6.45) is 1.81. The molecule has 1 unspecified atom stereocenters. The monoisotopic (exact) mass is 315 g/mol. The van der Waals surface area contributed by atoms with Crippen LogP contribution < -0.4 is 16.1 Å². The average Bonchev–Trinajstić information content (AvgIpc) is 2.94. The number of amides is 2. The number of hydrogen-bond donors (Lipinski definition) is 4. The summed E-state index contributed by atoms with van der Waals surface area (Å²) in [6, 6.07) is 4.01. The minimum Gasteiger partial charge on any atom is -0.477 e. The van der Waals surface area contributed by atoms with E-state index in [1.54, 1.807) is 12.1 Å². The Bertz CT molecular complexity index is 886. The molecule has 0 spiro atoms. The molecule has 23 heavy (non-hydrogen) atoms. The number of hydrogen-bond acceptors (Lipinski definition) is 4. The molecule has 1 aliphatic rings. The zero-order valence-electron chi connectivity index (χ0n) is 11.9. The van der Waals surface area contributed by atoms with Crippen LogP contribution in [0.4, 0.5) is 5.69 Å². The summed E-state index contributed by atoms with van der Waals surface area (Å²) < 4.78 is 0. The van der Waals surface area contributed by atoms with Crippen molar-refractivity contribution >= 4 is 34.4 Å². The predicted molar refractivity (Wildman–Crippen MR) is 81.3 cm³/mol. The lowest BCUT2D eigenvalue weighted by Crippen LogP contribution is -2.37. The van der Waals surface area contributed by atoms with Gasteiger partial charge in [-0.05, 0) is 18.6 Å². The van der Waals surface area contributed by atoms with Crippen LogP contribution in [-0.4, -0.2) is 33.9 Å². The normalized spacial score (nSPS) is 17.0. The van der Waals surface area contributed by atoms with Crippen molar-refractivity contribution in [2.24, 2.45) is 0 Å². The second-order valence-corrected chi connectivity index (χ2v) is 5.21. The summed E-state index contributed by atoms with van der Waals surface area (Å²) >= 11 is 0. The Hall–Kier alpha value is -3.16. The lowest BCUT2D eigenvalue weighted by Gasteiger charge is -2.12. The quantitative estimate of drug-likeness (QED) is 0.653. The topological polar surface area (TPSA) is 128 Å². The van der Waals surface area contributed by atoms with Crippen LogP contribution in [0.1, 0.15) is 23.2 Å². The minimum absolute atomic E-state index is 0.165. The summed E-state index contributed by atoms with van der Waals surface area (Å²) in [5, 5.41) is 14.4. The van der Waals surface area contributed by atoms with Gasteiger partial charge >= 0.3 is 5.97 Å². The van der Waals surface area contributed by atoms with Gasteiger partial charge in [0.1, 0.15) is 11.6 Å². The number of carboxylic acid groups (broad SMARTS) is 1. The van der Waals surface area contributed by atoms with E-state index in [1.807, 2.05) is 0 Å². The Labute approximate surface area is 129 Å². The van der Waals surface area contributed by atoms with Gasteiger partial charge in [0.25, 0.3) is 0 Å². The fraction of sp³-hybridized carbons (Fsp3) is 0.200. The van der Waals surface area contributed by atoms with Crippen LogP contribution in [0.3, 0.4) is 0 Å². The molecule has 1 atom stereocenters. The van der Waals surface area contributed by atoms with Gasteiger partial charge in [-0.25, -0.2) is 4.79 Å². The highest BCUT2D eigenvalue weighted by atomic mass is 16.4. The number of H-pyrrole nitrogens is 1. The first-order valence-electron chi connectivity index (χ1n) is 6.95. The van der Waals surface area contributed by atoms with Gasteiger partial charge in [-0.1, -0.05) is 6.07 Å². The first-order valence-corrected chi connectivity index (χ1v) is 6.95. The van der Waals surface area contributed by atoms with Crippen molar-refractivity contribution in [1.82, 2.24) is 10.3 Å². The van der Waals surface area contributed by atoms with Crippen molar-refractivity contribution < 1.29 is 19.5 Å². The number of aromatic amines is 1. The Kier molecular flexibility index (Phi) is 3.57. The molecule has 1 aromatic heterocycles. The molecule has 1 fully saturated rings. The van der Waals surface area contributed by atoms with E-state index in [0.717, 1.165) is 6.20 Å². The Morgan fingerprint density at radius 2 is 2.04 bits per heavy atom. The lowest BCUT2D eigenvalue weighted by molar-refractivity contribution is -0.122. The number of benzene rings is 1. The Morgan fingerprint density at radius 1 is 1.26 bits per heavy atom. The van der Waals surface area contributed by atoms with E-state index in [4.69, 9.17) is 5.11 Å². The summed E-state index contributed by atoms with van der Waals surface area (Å²) in [6.45, 7) is 0. The first kappa shape index (κ1) is 14.8. The van der Waals surface area contributed by atoms with E-state index in [0.29, 0.717) is 24.0 Å². The van der Waals surface area contributed by atoms with Crippen LogP contribution in [0.2, 0.25) is 0 Å². The molecule has 0 radical (unpaired) electrons. The van der Waals surface area contributed by atoms with Gasteiger partial charge in [0.05, 0.1) is 11.2 Å². The molecule has 2 aromatic rings. The zero-order chi connectivity index (χ0) is 16.6. The highest BCUT2D eigenvalue weighted by Crippen LogP contribution is 2.20. The van der Waals surface area contributed by atoms with Gasteiger partial charge < -0.3 is 20.7 Å². The molecule has 0 bridgehead atoms. The number of fused-ring (bicyclic) bond motifs is 1. The molecule has 1 saturated heterocycles. The zero-order valence-corrected chi connectivity index (χ0v) is 11.9. The van der Waals surface area contributed by atoms with Crippen molar-refractivity contribution in [2.45, 2.75) is 18.9 Å². The van der Waals surface area contributed by atoms with Crippen LogP contribution >= 0.6 is 0 Å². The molecule has 118 valence electrons. The third-order valence-electron chi connectivity index (χ3n) is 3.71. The Morgan fingerprint density at radius 3 is 2.70 bits per heavy atom. The maximum Gasteiger partial charge on any atom is 0.341 e. The summed E-state index contributed by atoms with van der Waals surface area (Å²) in [4.78, 5) is 49.2. The summed E-state index contributed by atoms with van der Waals surface area (Å²) in [5.41, 5.74) is -0.316. The molecule has 2 amide bonds. The highest BCUT2D eigenvalue weighted by Gasteiger charge is 2.27. The third-order valence-corrected chi connectivity index (χ3v) is 3.71. The lowest BCUT2D eigenvalue weighted by atomic mass is 10.1. The van der Waals surface area contributed by atoms with Gasteiger partial charge in [0.15, 0.2) is 0 Å². The van der Waals surface area contributed by atoms with Gasteiger partial charge in [0.2, 0.25) is 17.2 Å². The second-order valence-electron chi connectivity index (χ2n) is 5.21. The van der Waals surface area contributed by atoms with Gasteiger partial charge in [-0.2, -0.15) is 0 Å². The fourth-order valence-electron chi connectivity index (χ4n) is 2.55. The van der Waals surface area contributed by atoms with Crippen molar-refractivity contribution in [3.8, 4) is 0 Å². The van der Waals surface area contributed by atoms with Crippen molar-refractivity contribution in [2.75, 3.05) is 5.32 Å². The van der Waals surface area contributed by atoms with Gasteiger partial charge in [0, 0.05) is 18.0 Å². The number of carbonyl (C=O) groups is 3. The van der Waals surface area contributed by atoms with Gasteiger partial charge in [-0.15, -0.1) is 0 Å². The molecule has 3 rings (SSSR count).